The first kappa shape index (κ1) is 13.3. The van der Waals surface area contributed by atoms with Crippen LogP contribution < -0.4 is 4.72 Å². The van der Waals surface area contributed by atoms with E-state index in [1.54, 1.807) is 0 Å². The van der Waals surface area contributed by atoms with Gasteiger partial charge in [0.2, 0.25) is 0 Å². The van der Waals surface area contributed by atoms with Gasteiger partial charge >= 0.3 is 0 Å². The second kappa shape index (κ2) is 4.87. The van der Waals surface area contributed by atoms with Crippen LogP contribution in [0.15, 0.2) is 33.9 Å². The standard InChI is InChI=1S/C9H6BrClFN3O2S/c10-6-3-5(12)4-7(11)9(6)15-18(16,17)8-1-2-13-14-8/h1-4,15H,(H,13,14). The smallest absolute Gasteiger partial charge is 0.276 e. The highest BCUT2D eigenvalue weighted by Crippen LogP contribution is 2.33. The van der Waals surface area contributed by atoms with Crippen molar-refractivity contribution in [2.75, 3.05) is 4.72 Å². The lowest BCUT2D eigenvalue weighted by Crippen LogP contribution is -2.14. The number of H-pyrrole nitrogens is 1. The van der Waals surface area contributed by atoms with Crippen molar-refractivity contribution in [2.24, 2.45) is 0 Å². The van der Waals surface area contributed by atoms with E-state index in [4.69, 9.17) is 11.6 Å². The highest BCUT2D eigenvalue weighted by Gasteiger charge is 2.19. The predicted octanol–water partition coefficient (Wildman–Crippen LogP) is 2.77. The Morgan fingerprint density at radius 2 is 2.17 bits per heavy atom. The van der Waals surface area contributed by atoms with Gasteiger partial charge in [0.15, 0.2) is 5.03 Å². The molecule has 1 aromatic carbocycles. The van der Waals surface area contributed by atoms with Crippen molar-refractivity contribution >= 4 is 43.2 Å². The Kier molecular flexibility index (Phi) is 3.60. The Bertz CT molecular complexity index is 652. The lowest BCUT2D eigenvalue weighted by atomic mass is 10.3. The average Bonchev–Trinajstić information content (AvgIpc) is 2.77. The second-order valence-electron chi connectivity index (χ2n) is 3.27. The molecule has 0 unspecified atom stereocenters. The first-order valence-corrected chi connectivity index (χ1v) is 7.22. The third-order valence-corrected chi connectivity index (χ3v) is 4.21. The molecule has 0 aliphatic carbocycles. The van der Waals surface area contributed by atoms with Gasteiger partial charge in [-0.2, -0.15) is 13.5 Å². The van der Waals surface area contributed by atoms with Crippen molar-refractivity contribution in [1.82, 2.24) is 10.2 Å². The van der Waals surface area contributed by atoms with Crippen molar-refractivity contribution < 1.29 is 12.8 Å². The summed E-state index contributed by atoms with van der Waals surface area (Å²) in [6.07, 6.45) is 1.30. The molecular formula is C9H6BrClFN3O2S. The van der Waals surface area contributed by atoms with E-state index in [9.17, 15) is 12.8 Å². The van der Waals surface area contributed by atoms with Crippen molar-refractivity contribution in [1.29, 1.82) is 0 Å². The van der Waals surface area contributed by atoms with E-state index >= 15 is 0 Å². The zero-order valence-corrected chi connectivity index (χ0v) is 11.8. The number of anilines is 1. The fraction of sp³-hybridized carbons (Fsp3) is 0. The molecule has 0 radical (unpaired) electrons. The topological polar surface area (TPSA) is 74.8 Å². The molecule has 0 atom stereocenters. The number of aromatic amines is 1. The van der Waals surface area contributed by atoms with Crippen molar-refractivity contribution in [3.8, 4) is 0 Å². The summed E-state index contributed by atoms with van der Waals surface area (Å²) in [7, 11) is -3.83. The van der Waals surface area contributed by atoms with Crippen LogP contribution in [0.5, 0.6) is 0 Å². The van der Waals surface area contributed by atoms with Crippen molar-refractivity contribution in [3.63, 3.8) is 0 Å². The molecular weight excluding hydrogens is 349 g/mol. The molecule has 0 aliphatic heterocycles. The van der Waals surface area contributed by atoms with Gasteiger partial charge in [-0.25, -0.2) is 4.39 Å². The van der Waals surface area contributed by atoms with Crippen LogP contribution in [0, 0.1) is 5.82 Å². The van der Waals surface area contributed by atoms with Crippen LogP contribution in [0.25, 0.3) is 0 Å². The minimum Gasteiger partial charge on any atom is -0.276 e. The molecule has 0 fully saturated rings. The third kappa shape index (κ3) is 2.65. The summed E-state index contributed by atoms with van der Waals surface area (Å²) in [4.78, 5) is 0. The van der Waals surface area contributed by atoms with E-state index in [0.29, 0.717) is 0 Å². The summed E-state index contributed by atoms with van der Waals surface area (Å²) in [5.41, 5.74) is 0.0627. The van der Waals surface area contributed by atoms with Gasteiger partial charge in [0.1, 0.15) is 5.82 Å². The molecule has 0 amide bonds. The lowest BCUT2D eigenvalue weighted by Gasteiger charge is -2.10. The molecule has 2 rings (SSSR count). The summed E-state index contributed by atoms with van der Waals surface area (Å²) in [5.74, 6) is -0.573. The molecule has 1 heterocycles. The van der Waals surface area contributed by atoms with Crippen LogP contribution >= 0.6 is 27.5 Å². The number of aromatic nitrogens is 2. The number of rotatable bonds is 3. The fourth-order valence-electron chi connectivity index (χ4n) is 1.22. The molecule has 0 saturated heterocycles. The molecule has 9 heteroatoms. The molecule has 0 aliphatic rings. The maximum Gasteiger partial charge on any atom is 0.278 e. The molecule has 18 heavy (non-hydrogen) atoms. The molecule has 96 valence electrons. The van der Waals surface area contributed by atoms with Gasteiger partial charge in [0.05, 0.1) is 16.9 Å². The van der Waals surface area contributed by atoms with Crippen molar-refractivity contribution in [3.05, 3.63) is 39.7 Å². The van der Waals surface area contributed by atoms with Crippen molar-refractivity contribution in [2.45, 2.75) is 5.03 Å². The van der Waals surface area contributed by atoms with E-state index in [2.05, 4.69) is 30.8 Å². The summed E-state index contributed by atoms with van der Waals surface area (Å²) in [5, 5.41) is 5.69. The largest absolute Gasteiger partial charge is 0.278 e. The molecule has 5 nitrogen and oxygen atoms in total. The predicted molar refractivity (Wildman–Crippen MR) is 68.5 cm³/mol. The number of sulfonamides is 1. The Balaban J connectivity index is 2.42. The second-order valence-corrected chi connectivity index (χ2v) is 6.18. The molecule has 0 spiro atoms. The van der Waals surface area contributed by atoms with E-state index in [0.717, 1.165) is 12.1 Å². The van der Waals surface area contributed by atoms with Gasteiger partial charge < -0.3 is 0 Å². The SMILES string of the molecule is O=S(=O)(Nc1c(Cl)cc(F)cc1Br)c1ccn[nH]1. The maximum atomic E-state index is 13.0. The quantitative estimate of drug-likeness (QED) is 0.890. The number of benzene rings is 1. The van der Waals surface area contributed by atoms with Crippen LogP contribution in [0.2, 0.25) is 5.02 Å². The number of nitrogens with one attached hydrogen (secondary N) is 2. The van der Waals surface area contributed by atoms with E-state index in [1.165, 1.54) is 12.3 Å². The Morgan fingerprint density at radius 3 is 2.72 bits per heavy atom. The molecule has 2 N–H and O–H groups in total. The molecule has 0 bridgehead atoms. The zero-order valence-electron chi connectivity index (χ0n) is 8.62. The molecule has 1 aromatic heterocycles. The van der Waals surface area contributed by atoms with Crippen LogP contribution in [0.1, 0.15) is 0 Å². The van der Waals surface area contributed by atoms with Crippen LogP contribution in [-0.2, 0) is 10.0 Å². The average molecular weight is 355 g/mol. The van der Waals surface area contributed by atoms with Gasteiger partial charge in [0, 0.05) is 4.47 Å². The highest BCUT2D eigenvalue weighted by molar-refractivity contribution is 9.10. The lowest BCUT2D eigenvalue weighted by molar-refractivity contribution is 0.597. The minimum absolute atomic E-state index is 0.0510. The summed E-state index contributed by atoms with van der Waals surface area (Å²) in [6, 6.07) is 3.40. The van der Waals surface area contributed by atoms with E-state index in [1.807, 2.05) is 0 Å². The van der Waals surface area contributed by atoms with Gasteiger partial charge in [-0.1, -0.05) is 11.6 Å². The maximum absolute atomic E-state index is 13.0. The van der Waals surface area contributed by atoms with Gasteiger partial charge in [-0.15, -0.1) is 0 Å². The first-order valence-electron chi connectivity index (χ1n) is 4.57. The minimum atomic E-state index is -3.83. The van der Waals surface area contributed by atoms with Gasteiger partial charge in [-0.3, -0.25) is 9.82 Å². The van der Waals surface area contributed by atoms with Gasteiger partial charge in [-0.05, 0) is 34.1 Å². The number of halogens is 3. The first-order chi connectivity index (χ1) is 8.40. The van der Waals surface area contributed by atoms with E-state index in [-0.39, 0.29) is 20.2 Å². The van der Waals surface area contributed by atoms with Gasteiger partial charge in [0.25, 0.3) is 10.0 Å². The summed E-state index contributed by atoms with van der Waals surface area (Å²) < 4.78 is 39.2. The molecule has 0 saturated carbocycles. The Hall–Kier alpha value is -1.12. The summed E-state index contributed by atoms with van der Waals surface area (Å²) in [6.45, 7) is 0. The van der Waals surface area contributed by atoms with Crippen LogP contribution in [0.3, 0.4) is 0 Å². The number of hydrogen-bond acceptors (Lipinski definition) is 3. The Morgan fingerprint density at radius 1 is 1.44 bits per heavy atom. The fourth-order valence-corrected chi connectivity index (χ4v) is 3.32. The normalized spacial score (nSPS) is 11.5. The van der Waals surface area contributed by atoms with E-state index < -0.39 is 15.8 Å². The zero-order chi connectivity index (χ0) is 13.3. The summed E-state index contributed by atoms with van der Waals surface area (Å²) >= 11 is 8.82. The van der Waals surface area contributed by atoms with Crippen LogP contribution in [0.4, 0.5) is 10.1 Å². The number of hydrogen-bond donors (Lipinski definition) is 2. The number of nitrogens with zero attached hydrogens (tertiary/aromatic N) is 1. The molecule has 2 aromatic rings. The Labute approximate surface area is 116 Å². The monoisotopic (exact) mass is 353 g/mol. The third-order valence-electron chi connectivity index (χ3n) is 2.01. The highest BCUT2D eigenvalue weighted by atomic mass is 79.9. The van der Waals surface area contributed by atoms with Crippen LogP contribution in [-0.4, -0.2) is 18.6 Å².